The van der Waals surface area contributed by atoms with E-state index in [-0.39, 0.29) is 11.9 Å². The molecule has 0 radical (unpaired) electrons. The lowest BCUT2D eigenvalue weighted by atomic mass is 10.0. The number of rotatable bonds is 1. The number of nitrogens with two attached hydrogens (primary N) is 1. The van der Waals surface area contributed by atoms with Crippen molar-refractivity contribution in [2.24, 2.45) is 5.73 Å². The van der Waals surface area contributed by atoms with Crippen LogP contribution in [0.25, 0.3) is 0 Å². The second-order valence-electron chi connectivity index (χ2n) is 4.28. The molecule has 3 nitrogen and oxygen atoms in total. The first-order valence-electron chi connectivity index (χ1n) is 5.21. The summed E-state index contributed by atoms with van der Waals surface area (Å²) in [5, 5.41) is 0. The quantitative estimate of drug-likeness (QED) is 0.642. The van der Waals surface area contributed by atoms with E-state index in [2.05, 4.69) is 0 Å². The molecule has 3 heteroatoms. The minimum atomic E-state index is 0.153. The van der Waals surface area contributed by atoms with E-state index in [1.54, 1.807) is 0 Å². The lowest BCUT2D eigenvalue weighted by Gasteiger charge is -2.31. The molecule has 14 heavy (non-hydrogen) atoms. The van der Waals surface area contributed by atoms with Crippen LogP contribution >= 0.6 is 0 Å². The highest BCUT2D eigenvalue weighted by Crippen LogP contribution is 2.13. The SMILES string of the molecule is CC(C)=C(C)C(=O)N1CCCC(N)C1. The third-order valence-corrected chi connectivity index (χ3v) is 2.82. The van der Waals surface area contributed by atoms with Crippen LogP contribution in [0.4, 0.5) is 0 Å². The standard InChI is InChI=1S/C11H20N2O/c1-8(2)9(3)11(14)13-6-4-5-10(12)7-13/h10H,4-7,12H2,1-3H3. The third-order valence-electron chi connectivity index (χ3n) is 2.82. The van der Waals surface area contributed by atoms with Crippen LogP contribution in [0, 0.1) is 0 Å². The molecule has 1 amide bonds. The molecule has 2 N–H and O–H groups in total. The topological polar surface area (TPSA) is 46.3 Å². The van der Waals surface area contributed by atoms with Gasteiger partial charge in [0.1, 0.15) is 0 Å². The maximum atomic E-state index is 11.9. The zero-order chi connectivity index (χ0) is 10.7. The Hall–Kier alpha value is -0.830. The van der Waals surface area contributed by atoms with Crippen LogP contribution in [0.5, 0.6) is 0 Å². The number of carbonyl (C=O) groups is 1. The maximum Gasteiger partial charge on any atom is 0.249 e. The lowest BCUT2D eigenvalue weighted by molar-refractivity contribution is -0.128. The van der Waals surface area contributed by atoms with Gasteiger partial charge in [0, 0.05) is 24.7 Å². The summed E-state index contributed by atoms with van der Waals surface area (Å²) in [6.45, 7) is 7.40. The number of nitrogens with zero attached hydrogens (tertiary/aromatic N) is 1. The van der Waals surface area contributed by atoms with E-state index >= 15 is 0 Å². The molecule has 1 unspecified atom stereocenters. The number of hydrogen-bond acceptors (Lipinski definition) is 2. The Bertz CT molecular complexity index is 254. The molecule has 0 saturated carbocycles. The van der Waals surface area contributed by atoms with Gasteiger partial charge in [-0.3, -0.25) is 4.79 Å². The van der Waals surface area contributed by atoms with Crippen molar-refractivity contribution in [2.45, 2.75) is 39.7 Å². The fourth-order valence-electron chi connectivity index (χ4n) is 1.65. The van der Waals surface area contributed by atoms with Crippen LogP contribution in [0.2, 0.25) is 0 Å². The van der Waals surface area contributed by atoms with E-state index in [9.17, 15) is 4.79 Å². The Morgan fingerprint density at radius 3 is 2.50 bits per heavy atom. The number of hydrogen-bond donors (Lipinski definition) is 1. The summed E-state index contributed by atoms with van der Waals surface area (Å²) < 4.78 is 0. The van der Waals surface area contributed by atoms with Crippen LogP contribution in [0.3, 0.4) is 0 Å². The maximum absolute atomic E-state index is 11.9. The number of piperidine rings is 1. The number of amides is 1. The van der Waals surface area contributed by atoms with Gasteiger partial charge >= 0.3 is 0 Å². The minimum absolute atomic E-state index is 0.153. The normalized spacial score (nSPS) is 22.0. The van der Waals surface area contributed by atoms with Gasteiger partial charge in [0.05, 0.1) is 0 Å². The minimum Gasteiger partial charge on any atom is -0.337 e. The summed E-state index contributed by atoms with van der Waals surface area (Å²) in [5.41, 5.74) is 7.78. The van der Waals surface area contributed by atoms with E-state index in [1.807, 2.05) is 25.7 Å². The average molecular weight is 196 g/mol. The van der Waals surface area contributed by atoms with Crippen molar-refractivity contribution in [1.29, 1.82) is 0 Å². The molecular formula is C11H20N2O. The van der Waals surface area contributed by atoms with Crippen LogP contribution in [0.1, 0.15) is 33.6 Å². The van der Waals surface area contributed by atoms with Gasteiger partial charge < -0.3 is 10.6 Å². The first-order chi connectivity index (χ1) is 6.52. The molecule has 1 fully saturated rings. The third kappa shape index (κ3) is 2.58. The Labute approximate surface area is 86.0 Å². The Balaban J connectivity index is 2.65. The molecule has 1 heterocycles. The highest BCUT2D eigenvalue weighted by atomic mass is 16.2. The van der Waals surface area contributed by atoms with E-state index in [0.717, 1.165) is 30.5 Å². The predicted molar refractivity (Wildman–Crippen MR) is 57.8 cm³/mol. The molecule has 1 aliphatic rings. The zero-order valence-corrected chi connectivity index (χ0v) is 9.34. The van der Waals surface area contributed by atoms with E-state index in [4.69, 9.17) is 5.73 Å². The number of likely N-dealkylation sites (tertiary alicyclic amines) is 1. The number of carbonyl (C=O) groups excluding carboxylic acids is 1. The largest absolute Gasteiger partial charge is 0.337 e. The Kier molecular flexibility index (Phi) is 3.69. The fourth-order valence-corrected chi connectivity index (χ4v) is 1.65. The van der Waals surface area contributed by atoms with E-state index in [0.29, 0.717) is 6.54 Å². The molecule has 1 rings (SSSR count). The Morgan fingerprint density at radius 2 is 2.00 bits per heavy atom. The smallest absolute Gasteiger partial charge is 0.249 e. The highest BCUT2D eigenvalue weighted by Gasteiger charge is 2.22. The van der Waals surface area contributed by atoms with Gasteiger partial charge in [0.2, 0.25) is 5.91 Å². The van der Waals surface area contributed by atoms with Gasteiger partial charge in [0.15, 0.2) is 0 Å². The van der Waals surface area contributed by atoms with Crippen LogP contribution < -0.4 is 5.73 Å². The molecule has 0 aromatic carbocycles. The monoisotopic (exact) mass is 196 g/mol. The van der Waals surface area contributed by atoms with Crippen molar-refractivity contribution >= 4 is 5.91 Å². The van der Waals surface area contributed by atoms with Crippen molar-refractivity contribution in [3.05, 3.63) is 11.1 Å². The summed E-state index contributed by atoms with van der Waals surface area (Å²) >= 11 is 0. The summed E-state index contributed by atoms with van der Waals surface area (Å²) in [6.07, 6.45) is 2.07. The molecule has 80 valence electrons. The van der Waals surface area contributed by atoms with Crippen LogP contribution in [0.15, 0.2) is 11.1 Å². The molecular weight excluding hydrogens is 176 g/mol. The predicted octanol–water partition coefficient (Wildman–Crippen LogP) is 1.29. The average Bonchev–Trinajstić information content (AvgIpc) is 2.15. The van der Waals surface area contributed by atoms with Gasteiger partial charge in [-0.05, 0) is 33.6 Å². The highest BCUT2D eigenvalue weighted by molar-refractivity contribution is 5.93. The first kappa shape index (κ1) is 11.2. The second kappa shape index (κ2) is 4.60. The Morgan fingerprint density at radius 1 is 1.36 bits per heavy atom. The molecule has 0 aromatic heterocycles. The van der Waals surface area contributed by atoms with E-state index in [1.165, 1.54) is 0 Å². The van der Waals surface area contributed by atoms with Crippen molar-refractivity contribution in [3.63, 3.8) is 0 Å². The van der Waals surface area contributed by atoms with Gasteiger partial charge in [0.25, 0.3) is 0 Å². The van der Waals surface area contributed by atoms with Crippen molar-refractivity contribution in [2.75, 3.05) is 13.1 Å². The van der Waals surface area contributed by atoms with Gasteiger partial charge in [-0.2, -0.15) is 0 Å². The molecule has 0 bridgehead atoms. The summed E-state index contributed by atoms with van der Waals surface area (Å²) in [6, 6.07) is 0.165. The fraction of sp³-hybridized carbons (Fsp3) is 0.727. The first-order valence-corrected chi connectivity index (χ1v) is 5.21. The van der Waals surface area contributed by atoms with Crippen LogP contribution in [-0.2, 0) is 4.79 Å². The number of allylic oxidation sites excluding steroid dienone is 1. The summed E-state index contributed by atoms with van der Waals surface area (Å²) in [7, 11) is 0. The molecule has 0 aromatic rings. The van der Waals surface area contributed by atoms with Crippen LogP contribution in [-0.4, -0.2) is 29.9 Å². The lowest BCUT2D eigenvalue weighted by Crippen LogP contribution is -2.46. The summed E-state index contributed by atoms with van der Waals surface area (Å²) in [4.78, 5) is 13.8. The van der Waals surface area contributed by atoms with Crippen molar-refractivity contribution < 1.29 is 4.79 Å². The van der Waals surface area contributed by atoms with Crippen molar-refractivity contribution in [3.8, 4) is 0 Å². The van der Waals surface area contributed by atoms with Crippen molar-refractivity contribution in [1.82, 2.24) is 4.90 Å². The van der Waals surface area contributed by atoms with Gasteiger partial charge in [-0.1, -0.05) is 5.57 Å². The molecule has 1 atom stereocenters. The van der Waals surface area contributed by atoms with Gasteiger partial charge in [-0.15, -0.1) is 0 Å². The second-order valence-corrected chi connectivity index (χ2v) is 4.28. The molecule has 0 spiro atoms. The van der Waals surface area contributed by atoms with E-state index < -0.39 is 0 Å². The zero-order valence-electron chi connectivity index (χ0n) is 9.34. The molecule has 1 saturated heterocycles. The molecule has 0 aliphatic carbocycles. The molecule has 1 aliphatic heterocycles. The van der Waals surface area contributed by atoms with Gasteiger partial charge in [-0.25, -0.2) is 0 Å². The summed E-state index contributed by atoms with van der Waals surface area (Å²) in [5.74, 6) is 0.153.